The van der Waals surface area contributed by atoms with Crippen LogP contribution in [0.1, 0.15) is 12.8 Å². The number of carbonyl (C=O) groups excluding carboxylic acids is 1. The molecule has 88 valence electrons. The van der Waals surface area contributed by atoms with Crippen LogP contribution in [0.5, 0.6) is 0 Å². The predicted molar refractivity (Wildman–Crippen MR) is 58.4 cm³/mol. The molecule has 1 saturated heterocycles. The zero-order chi connectivity index (χ0) is 11.5. The van der Waals surface area contributed by atoms with E-state index in [1.165, 1.54) is 0 Å². The number of sulfone groups is 1. The Morgan fingerprint density at radius 1 is 1.53 bits per heavy atom. The highest BCUT2D eigenvalue weighted by Gasteiger charge is 2.25. The van der Waals surface area contributed by atoms with Gasteiger partial charge in [-0.05, 0) is 13.5 Å². The third-order valence-electron chi connectivity index (χ3n) is 2.64. The number of amides is 1. The molecule has 0 aliphatic carbocycles. The minimum Gasteiger partial charge on any atom is -0.341 e. The molecule has 6 heteroatoms. The van der Waals surface area contributed by atoms with Crippen molar-refractivity contribution in [1.82, 2.24) is 10.2 Å². The van der Waals surface area contributed by atoms with Gasteiger partial charge in [-0.1, -0.05) is 0 Å². The largest absolute Gasteiger partial charge is 0.341 e. The lowest BCUT2D eigenvalue weighted by Crippen LogP contribution is -2.34. The molecule has 5 nitrogen and oxygen atoms in total. The van der Waals surface area contributed by atoms with Gasteiger partial charge in [-0.25, -0.2) is 8.42 Å². The summed E-state index contributed by atoms with van der Waals surface area (Å²) in [4.78, 5) is 13.3. The van der Waals surface area contributed by atoms with Crippen molar-refractivity contribution in [2.45, 2.75) is 18.9 Å². The van der Waals surface area contributed by atoms with E-state index in [4.69, 9.17) is 0 Å². The van der Waals surface area contributed by atoms with Crippen LogP contribution in [0.2, 0.25) is 0 Å². The molecule has 0 saturated carbocycles. The van der Waals surface area contributed by atoms with Crippen molar-refractivity contribution in [3.63, 3.8) is 0 Å². The van der Waals surface area contributed by atoms with Crippen LogP contribution in [-0.2, 0) is 14.6 Å². The fourth-order valence-electron chi connectivity index (χ4n) is 1.65. The normalized spacial score (nSPS) is 22.0. The van der Waals surface area contributed by atoms with Crippen LogP contribution >= 0.6 is 0 Å². The topological polar surface area (TPSA) is 66.5 Å². The van der Waals surface area contributed by atoms with E-state index < -0.39 is 9.84 Å². The molecule has 0 radical (unpaired) electrons. The van der Waals surface area contributed by atoms with E-state index in [1.807, 2.05) is 7.05 Å². The van der Waals surface area contributed by atoms with Crippen LogP contribution in [0.4, 0.5) is 0 Å². The third kappa shape index (κ3) is 4.17. The lowest BCUT2D eigenvalue weighted by atomic mass is 10.3. The second-order valence-corrected chi connectivity index (χ2v) is 6.25. The second kappa shape index (κ2) is 4.94. The quantitative estimate of drug-likeness (QED) is 0.694. The SMILES string of the molecule is CNC1CCN(C(=O)CCS(C)(=O)=O)C1. The number of likely N-dealkylation sites (N-methyl/N-ethyl adjacent to an activating group) is 1. The predicted octanol–water partition coefficient (Wildman–Crippen LogP) is -0.759. The highest BCUT2D eigenvalue weighted by Crippen LogP contribution is 2.10. The van der Waals surface area contributed by atoms with E-state index >= 15 is 0 Å². The van der Waals surface area contributed by atoms with Crippen molar-refractivity contribution in [2.75, 3.05) is 32.1 Å². The van der Waals surface area contributed by atoms with Gasteiger partial charge in [0.2, 0.25) is 5.91 Å². The van der Waals surface area contributed by atoms with Crippen LogP contribution in [0.25, 0.3) is 0 Å². The molecule has 0 aromatic heterocycles. The van der Waals surface area contributed by atoms with Gasteiger partial charge in [-0.2, -0.15) is 0 Å². The maximum absolute atomic E-state index is 11.6. The molecule has 1 heterocycles. The lowest BCUT2D eigenvalue weighted by Gasteiger charge is -2.15. The first-order valence-corrected chi connectivity index (χ1v) is 7.11. The first kappa shape index (κ1) is 12.4. The third-order valence-corrected chi connectivity index (χ3v) is 3.58. The lowest BCUT2D eigenvalue weighted by molar-refractivity contribution is -0.129. The van der Waals surface area contributed by atoms with E-state index in [0.29, 0.717) is 12.6 Å². The number of likely N-dealkylation sites (tertiary alicyclic amines) is 1. The molecular weight excluding hydrogens is 216 g/mol. The van der Waals surface area contributed by atoms with Gasteiger partial charge in [-0.15, -0.1) is 0 Å². The summed E-state index contributed by atoms with van der Waals surface area (Å²) in [6.07, 6.45) is 2.21. The summed E-state index contributed by atoms with van der Waals surface area (Å²) in [6, 6.07) is 0.354. The number of nitrogens with one attached hydrogen (secondary N) is 1. The Labute approximate surface area is 90.7 Å². The van der Waals surface area contributed by atoms with Crippen molar-refractivity contribution in [3.8, 4) is 0 Å². The van der Waals surface area contributed by atoms with Gasteiger partial charge in [0, 0.05) is 31.8 Å². The van der Waals surface area contributed by atoms with Gasteiger partial charge in [-0.3, -0.25) is 4.79 Å². The summed E-state index contributed by atoms with van der Waals surface area (Å²) in [7, 11) is -1.16. The Morgan fingerprint density at radius 3 is 2.67 bits per heavy atom. The highest BCUT2D eigenvalue weighted by atomic mass is 32.2. The van der Waals surface area contributed by atoms with Crippen molar-refractivity contribution in [2.24, 2.45) is 0 Å². The fraction of sp³-hybridized carbons (Fsp3) is 0.889. The van der Waals surface area contributed by atoms with E-state index in [1.54, 1.807) is 4.90 Å². The Bertz CT molecular complexity index is 326. The first-order chi connectivity index (χ1) is 6.92. The van der Waals surface area contributed by atoms with Gasteiger partial charge < -0.3 is 10.2 Å². The molecule has 1 fully saturated rings. The Balaban J connectivity index is 2.36. The van der Waals surface area contributed by atoms with Gasteiger partial charge in [0.05, 0.1) is 5.75 Å². The first-order valence-electron chi connectivity index (χ1n) is 5.05. The molecule has 15 heavy (non-hydrogen) atoms. The Morgan fingerprint density at radius 2 is 2.20 bits per heavy atom. The van der Waals surface area contributed by atoms with Crippen molar-refractivity contribution >= 4 is 15.7 Å². The standard InChI is InChI=1S/C9H18N2O3S/c1-10-8-3-5-11(7-8)9(12)4-6-15(2,13)14/h8,10H,3-7H2,1-2H3. The van der Waals surface area contributed by atoms with Crippen molar-refractivity contribution < 1.29 is 13.2 Å². The number of rotatable bonds is 4. The molecule has 0 spiro atoms. The van der Waals surface area contributed by atoms with Crippen LogP contribution in [-0.4, -0.2) is 57.4 Å². The van der Waals surface area contributed by atoms with Crippen LogP contribution in [0.15, 0.2) is 0 Å². The highest BCUT2D eigenvalue weighted by molar-refractivity contribution is 7.90. The average Bonchev–Trinajstić information content (AvgIpc) is 2.61. The number of hydrogen-bond donors (Lipinski definition) is 1. The molecule has 1 N–H and O–H groups in total. The molecular formula is C9H18N2O3S. The van der Waals surface area contributed by atoms with Gasteiger partial charge in [0.15, 0.2) is 0 Å². The monoisotopic (exact) mass is 234 g/mol. The van der Waals surface area contributed by atoms with Crippen molar-refractivity contribution in [1.29, 1.82) is 0 Å². The number of nitrogens with zero attached hydrogens (tertiary/aromatic N) is 1. The summed E-state index contributed by atoms with van der Waals surface area (Å²) in [6.45, 7) is 1.42. The maximum atomic E-state index is 11.6. The molecule has 0 aromatic carbocycles. The van der Waals surface area contributed by atoms with Crippen LogP contribution in [0.3, 0.4) is 0 Å². The van der Waals surface area contributed by atoms with Crippen molar-refractivity contribution in [3.05, 3.63) is 0 Å². The van der Waals surface area contributed by atoms with E-state index in [-0.39, 0.29) is 18.1 Å². The summed E-state index contributed by atoms with van der Waals surface area (Å²) in [5, 5.41) is 3.11. The fourth-order valence-corrected chi connectivity index (χ4v) is 2.20. The molecule has 1 unspecified atom stereocenters. The number of carbonyl (C=O) groups is 1. The molecule has 0 bridgehead atoms. The van der Waals surface area contributed by atoms with Gasteiger partial charge in [0.25, 0.3) is 0 Å². The number of hydrogen-bond acceptors (Lipinski definition) is 4. The smallest absolute Gasteiger partial charge is 0.223 e. The Hall–Kier alpha value is -0.620. The summed E-state index contributed by atoms with van der Waals surface area (Å²) in [5.74, 6) is -0.106. The van der Waals surface area contributed by atoms with Crippen LogP contribution < -0.4 is 5.32 Å². The Kier molecular flexibility index (Phi) is 4.10. The minimum absolute atomic E-state index is 0.0491. The van der Waals surface area contributed by atoms with Gasteiger partial charge in [0.1, 0.15) is 9.84 Å². The average molecular weight is 234 g/mol. The molecule has 1 atom stereocenters. The van der Waals surface area contributed by atoms with Gasteiger partial charge >= 0.3 is 0 Å². The zero-order valence-electron chi connectivity index (χ0n) is 9.19. The van der Waals surface area contributed by atoms with Crippen LogP contribution in [0, 0.1) is 0 Å². The summed E-state index contributed by atoms with van der Waals surface area (Å²) in [5.41, 5.74) is 0. The minimum atomic E-state index is -3.03. The van der Waals surface area contributed by atoms with E-state index in [2.05, 4.69) is 5.32 Å². The molecule has 1 rings (SSSR count). The second-order valence-electron chi connectivity index (χ2n) is 3.99. The van der Waals surface area contributed by atoms with E-state index in [9.17, 15) is 13.2 Å². The molecule has 1 aliphatic rings. The summed E-state index contributed by atoms with van der Waals surface area (Å²) >= 11 is 0. The molecule has 1 aliphatic heterocycles. The summed E-state index contributed by atoms with van der Waals surface area (Å²) < 4.78 is 21.8. The maximum Gasteiger partial charge on any atom is 0.223 e. The van der Waals surface area contributed by atoms with E-state index in [0.717, 1.165) is 19.2 Å². The molecule has 1 amide bonds. The zero-order valence-corrected chi connectivity index (χ0v) is 10.0. The molecule has 0 aromatic rings.